The van der Waals surface area contributed by atoms with Gasteiger partial charge in [0.2, 0.25) is 6.43 Å². The number of alkyl halides is 2. The molecule has 30 heteroatoms. The van der Waals surface area contributed by atoms with Crippen LogP contribution in [0, 0.1) is 51.3 Å². The Labute approximate surface area is 519 Å². The molecule has 5 fully saturated rings. The first-order valence-corrected chi connectivity index (χ1v) is 28.2. The normalized spacial score (nSPS) is 29.7. The molecular weight excluding hydrogens is 1210 g/mol. The van der Waals surface area contributed by atoms with Crippen LogP contribution in [0.4, 0.5) is 28.9 Å². The van der Waals surface area contributed by atoms with Crippen LogP contribution in [0.5, 0.6) is 0 Å². The number of aliphatic hydroxyl groups is 14. The minimum atomic E-state index is -2.78. The lowest BCUT2D eigenvalue weighted by Gasteiger charge is -2.38. The van der Waals surface area contributed by atoms with Crippen molar-refractivity contribution in [1.29, 1.82) is 0 Å². The number of amides is 1. The molecule has 0 unspecified atom stereocenters. The number of hydrogen-bond donors (Lipinski definition) is 17. The monoisotopic (exact) mass is 1300 g/mol. The third-order valence-corrected chi connectivity index (χ3v) is 15.8. The van der Waals surface area contributed by atoms with Crippen LogP contribution in [0.2, 0.25) is 0 Å². The van der Waals surface area contributed by atoms with Crippen LogP contribution < -0.4 is 16.4 Å². The van der Waals surface area contributed by atoms with Crippen molar-refractivity contribution < 1.29 is 98.8 Å². The summed E-state index contributed by atoms with van der Waals surface area (Å²) in [5, 5.41) is 149. The van der Waals surface area contributed by atoms with Gasteiger partial charge in [0.05, 0.1) is 71.9 Å². The Morgan fingerprint density at radius 2 is 1.15 bits per heavy atom. The predicted molar refractivity (Wildman–Crippen MR) is 318 cm³/mol. The van der Waals surface area contributed by atoms with Crippen molar-refractivity contribution in [3.63, 3.8) is 0 Å². The molecule has 0 radical (unpaired) electrons. The average molecular weight is 1300 g/mol. The second-order valence-electron chi connectivity index (χ2n) is 22.2. The van der Waals surface area contributed by atoms with Gasteiger partial charge < -0.3 is 92.8 Å². The number of benzene rings is 4. The van der Waals surface area contributed by atoms with E-state index in [4.69, 9.17) is 15.9 Å². The maximum absolute atomic E-state index is 13.6. The van der Waals surface area contributed by atoms with E-state index in [0.717, 1.165) is 16.5 Å². The number of β-amino-alcohol motifs (C(OH)–C–C–N with tert-alkyl or cyclic N) is 5. The first kappa shape index (κ1) is 77.4. The van der Waals surface area contributed by atoms with E-state index in [2.05, 4.69) is 10.6 Å². The third kappa shape index (κ3) is 22.5. The van der Waals surface area contributed by atoms with Crippen molar-refractivity contribution in [3.05, 3.63) is 141 Å². The van der Waals surface area contributed by atoms with Gasteiger partial charge in [-0.3, -0.25) is 24.7 Å². The Kier molecular flexibility index (Phi) is 33.5. The number of hydrogen-bond acceptors (Lipinski definition) is 22. The lowest BCUT2D eigenvalue weighted by atomic mass is 9.84. The number of anilines is 1. The first-order valence-electron chi connectivity index (χ1n) is 28.2. The summed E-state index contributed by atoms with van der Waals surface area (Å²) in [6.45, 7) is 2.57. The van der Waals surface area contributed by atoms with Gasteiger partial charge >= 0.3 is 0 Å². The molecule has 0 aromatic heterocycles. The quantitative estimate of drug-likeness (QED) is 0.0313. The smallest absolute Gasteiger partial charge is 0.273 e. The number of para-hydroxylation sites is 1. The number of carbonyl (C=O) groups excluding carboxylic acids is 1. The van der Waals surface area contributed by atoms with Crippen LogP contribution >= 0.6 is 24.8 Å². The number of nitrogen functional groups attached to an aromatic ring is 1. The molecular formula is C58H85Cl2F4N7O17. The van der Waals surface area contributed by atoms with Gasteiger partial charge in [0.1, 0.15) is 11.6 Å². The molecule has 18 N–H and O–H groups in total. The van der Waals surface area contributed by atoms with E-state index in [9.17, 15) is 93.7 Å². The summed E-state index contributed by atoms with van der Waals surface area (Å²) in [4.78, 5) is 27.6. The van der Waals surface area contributed by atoms with Crippen LogP contribution in [0.15, 0.2) is 97.1 Å². The molecule has 0 bridgehead atoms. The minimum Gasteiger partial charge on any atom is -0.399 e. The number of halogens is 6. The summed E-state index contributed by atoms with van der Waals surface area (Å²) >= 11 is 0. The minimum absolute atomic E-state index is 0. The zero-order valence-corrected chi connectivity index (χ0v) is 49.7. The molecule has 5 aliphatic heterocycles. The van der Waals surface area contributed by atoms with Gasteiger partial charge in [-0.25, -0.2) is 17.6 Å². The number of rotatable bonds is 13. The topological polar surface area (TPSA) is 403 Å². The zero-order chi connectivity index (χ0) is 63.4. The van der Waals surface area contributed by atoms with Crippen LogP contribution in [0.3, 0.4) is 0 Å². The van der Waals surface area contributed by atoms with Crippen molar-refractivity contribution in [1.82, 2.24) is 25.3 Å². The van der Waals surface area contributed by atoms with Gasteiger partial charge in [-0.05, 0) is 47.9 Å². The number of nitrogens with two attached hydrogens (primary N) is 1. The second kappa shape index (κ2) is 38.1. The number of nitro benzene ring substituents is 1. The highest BCUT2D eigenvalue weighted by Crippen LogP contribution is 2.28. The summed E-state index contributed by atoms with van der Waals surface area (Å²) in [5.74, 6) is -4.69. The molecule has 0 aliphatic carbocycles. The van der Waals surface area contributed by atoms with E-state index in [0.29, 0.717) is 68.2 Å². The molecule has 4 aromatic rings. The van der Waals surface area contributed by atoms with Gasteiger partial charge in [0, 0.05) is 157 Å². The zero-order valence-electron chi connectivity index (χ0n) is 48.0. The van der Waals surface area contributed by atoms with Crippen molar-refractivity contribution in [2.75, 3.05) is 91.1 Å². The number of nitrogens with zero attached hydrogens (tertiary/aromatic N) is 4. The molecule has 24 nitrogen and oxygen atoms in total. The molecule has 0 spiro atoms. The Hall–Kier alpha value is -4.87. The van der Waals surface area contributed by atoms with Gasteiger partial charge in [-0.15, -0.1) is 24.8 Å². The van der Waals surface area contributed by atoms with E-state index in [1.807, 2.05) is 29.2 Å². The molecule has 1 amide bonds. The first-order chi connectivity index (χ1) is 40.9. The number of piperidine rings is 5. The van der Waals surface area contributed by atoms with Crippen LogP contribution in [-0.2, 0) is 19.5 Å². The van der Waals surface area contributed by atoms with E-state index >= 15 is 0 Å². The Morgan fingerprint density at radius 3 is 1.69 bits per heavy atom. The Balaban J connectivity index is 0.000000290. The van der Waals surface area contributed by atoms with Gasteiger partial charge in [0.25, 0.3) is 11.6 Å². The largest absolute Gasteiger partial charge is 0.399 e. The summed E-state index contributed by atoms with van der Waals surface area (Å²) < 4.78 is 51.9. The molecule has 88 heavy (non-hydrogen) atoms. The molecule has 4 aromatic carbocycles. The molecule has 16 atom stereocenters. The fourth-order valence-electron chi connectivity index (χ4n) is 10.8. The number of nitro groups is 1. The molecule has 9 rings (SSSR count). The lowest BCUT2D eigenvalue weighted by molar-refractivity contribution is -0.385. The van der Waals surface area contributed by atoms with Crippen LogP contribution in [-0.4, -0.2) is 256 Å². The lowest BCUT2D eigenvalue weighted by Crippen LogP contribution is -2.58. The molecule has 5 heterocycles. The number of nitrogens with one attached hydrogen (secondary N) is 2. The van der Waals surface area contributed by atoms with E-state index in [1.165, 1.54) is 18.2 Å². The van der Waals surface area contributed by atoms with Gasteiger partial charge in [-0.2, -0.15) is 0 Å². The maximum atomic E-state index is 13.6. The SMILES string of the molecule is Cl.Cl.Nc1cccc(CN2C[C@H](CO)[C@@H](O)[C@H](O)C2)c1.O=C(c1ccccc1)N1C[C@@H](O)[C@H](O)[C@@H](C(F)F)C1.O=[N+]([O-])c1ccccc1CN1C[C@H](CO)[C@@H](O)[C@H](O)C1.OC[C@@H]1[C@@H](O)[C@H](O)CN[C@H]1Cc1ccc(F)cc1F.OC[C@H]1CNC[C@@H](O)[C@@H]1O. The summed E-state index contributed by atoms with van der Waals surface area (Å²) in [5.41, 5.74) is 8.77. The highest BCUT2D eigenvalue weighted by molar-refractivity contribution is 5.94. The number of likely N-dealkylation sites (tertiary alicyclic amines) is 3. The molecule has 496 valence electrons. The maximum Gasteiger partial charge on any atom is 0.273 e. The molecule has 5 aliphatic rings. The summed E-state index contributed by atoms with van der Waals surface area (Å²) in [6.07, 6.45) is -12.5. The fraction of sp³-hybridized carbons (Fsp3) is 0.569. The summed E-state index contributed by atoms with van der Waals surface area (Å²) in [7, 11) is 0. The highest BCUT2D eigenvalue weighted by Gasteiger charge is 2.42. The van der Waals surface area contributed by atoms with Crippen LogP contribution in [0.25, 0.3) is 0 Å². The predicted octanol–water partition coefficient (Wildman–Crippen LogP) is -1.53. The van der Waals surface area contributed by atoms with Crippen molar-refractivity contribution in [2.45, 2.75) is 93.0 Å². The van der Waals surface area contributed by atoms with Gasteiger partial charge in [-0.1, -0.05) is 54.6 Å². The Bertz CT molecular complexity index is 2680. The van der Waals surface area contributed by atoms with Crippen LogP contribution in [0.1, 0.15) is 27.0 Å². The average Bonchev–Trinajstić information content (AvgIpc) is 2.47. The van der Waals surface area contributed by atoms with Gasteiger partial charge in [0.15, 0.2) is 0 Å². The summed E-state index contributed by atoms with van der Waals surface area (Å²) in [6, 6.07) is 25.2. The second-order valence-corrected chi connectivity index (χ2v) is 22.2. The van der Waals surface area contributed by atoms with Crippen molar-refractivity contribution in [2.24, 2.45) is 29.6 Å². The fourth-order valence-corrected chi connectivity index (χ4v) is 10.8. The van der Waals surface area contributed by atoms with E-state index in [1.54, 1.807) is 53.4 Å². The van der Waals surface area contributed by atoms with E-state index < -0.39 is 108 Å². The standard InChI is InChI=1S/C13H17F2NO3.C13H15F2NO3.C13H18N2O5.C13H20N2O3.C6H13NO3.2ClH/c14-8-2-1-7(10(15)4-8)3-11-9(6-17)13(19)12(18)5-16-11;14-12(15)9-6-16(7-10(17)11(9)18)13(19)8-4-2-1-3-5-8;16-8-10-6-14(7-12(17)13(10)18)5-9-3-1-2-4-11(9)15(19)20;14-11-3-1-2-9(4-11)5-15-6-10(8-16)13(18)12(17)7-15;8-3-4-1-7-2-5(9)6(4)10;;/h1-2,4,9,11-13,16-19H,3,5-6H2;1-5,9-12,17-18H,6-7H2;1-4,10,12-13,16-18H,5-8H2;1-4,10,12-13,16-18H,5-8,14H2;4-10H,1-3H2;2*1H/t9-,11-,12+,13+;9-,10+,11+;2*10-,12-,13-;4-,5-,6-;;/m00111../s1. The molecule has 5 saturated heterocycles. The highest BCUT2D eigenvalue weighted by atomic mass is 35.5. The number of aliphatic hydroxyl groups excluding tert-OH is 14. The Morgan fingerprint density at radius 1 is 0.591 bits per heavy atom. The van der Waals surface area contributed by atoms with Crippen molar-refractivity contribution >= 4 is 42.1 Å². The molecule has 0 saturated carbocycles. The third-order valence-electron chi connectivity index (χ3n) is 15.8. The van der Waals surface area contributed by atoms with E-state index in [-0.39, 0.29) is 107 Å². The van der Waals surface area contributed by atoms with Crippen molar-refractivity contribution in [3.8, 4) is 0 Å². The number of carbonyl (C=O) groups is 1.